The highest BCUT2D eigenvalue weighted by Crippen LogP contribution is 2.15. The summed E-state index contributed by atoms with van der Waals surface area (Å²) in [5.41, 5.74) is 0. The first-order valence-corrected chi connectivity index (χ1v) is 3.42. The number of ether oxygens (including phenoxy) is 1. The highest BCUT2D eigenvalue weighted by atomic mass is 16.6. The van der Waals surface area contributed by atoms with Crippen molar-refractivity contribution in [3.05, 3.63) is 0 Å². The summed E-state index contributed by atoms with van der Waals surface area (Å²) in [4.78, 5) is 10.7. The summed E-state index contributed by atoms with van der Waals surface area (Å²) in [7, 11) is 0. The lowest BCUT2D eigenvalue weighted by atomic mass is 10.0. The minimum Gasteiger partial charge on any atom is -0.394 e. The van der Waals surface area contributed by atoms with Crippen molar-refractivity contribution in [1.29, 1.82) is 0 Å². The third-order valence-corrected chi connectivity index (χ3v) is 1.72. The summed E-state index contributed by atoms with van der Waals surface area (Å²) in [6.07, 6.45) is -6.05. The summed E-state index contributed by atoms with van der Waals surface area (Å²) in [6, 6.07) is 0. The number of Topliss-reactive ketones (excluding diaryl/α,β-unsaturated/α-hetero) is 1. The molecule has 70 valence electrons. The molecule has 0 aromatic rings. The first-order chi connectivity index (χ1) is 5.57. The summed E-state index contributed by atoms with van der Waals surface area (Å²) < 4.78 is 4.48. The third-order valence-electron chi connectivity index (χ3n) is 1.72. The lowest BCUT2D eigenvalue weighted by molar-refractivity contribution is -0.226. The molecule has 1 aliphatic heterocycles. The van der Waals surface area contributed by atoms with E-state index in [0.717, 1.165) is 0 Å². The van der Waals surface area contributed by atoms with Crippen LogP contribution in [0.1, 0.15) is 0 Å². The lowest BCUT2D eigenvalue weighted by Crippen LogP contribution is -2.56. The van der Waals surface area contributed by atoms with E-state index in [1.807, 2.05) is 0 Å². The van der Waals surface area contributed by atoms with Gasteiger partial charge >= 0.3 is 0 Å². The molecule has 0 saturated carbocycles. The molecule has 1 rings (SSSR count). The van der Waals surface area contributed by atoms with Gasteiger partial charge in [0, 0.05) is 0 Å². The monoisotopic (exact) mass is 178 g/mol. The van der Waals surface area contributed by atoms with Crippen LogP contribution in [-0.2, 0) is 9.53 Å². The first kappa shape index (κ1) is 9.56. The number of carbonyl (C=O) groups excluding carboxylic acids is 1. The Balaban J connectivity index is 2.70. The normalized spacial score (nSPS) is 43.2. The van der Waals surface area contributed by atoms with Crippen LogP contribution in [0, 0.1) is 0 Å². The molecule has 0 aliphatic carbocycles. The van der Waals surface area contributed by atoms with E-state index in [0.29, 0.717) is 0 Å². The van der Waals surface area contributed by atoms with Crippen LogP contribution < -0.4 is 0 Å². The van der Waals surface area contributed by atoms with Gasteiger partial charge in [-0.2, -0.15) is 0 Å². The van der Waals surface area contributed by atoms with Gasteiger partial charge in [0.05, 0.1) is 6.61 Å². The zero-order chi connectivity index (χ0) is 9.30. The molecular weight excluding hydrogens is 168 g/mol. The maximum absolute atomic E-state index is 10.7. The Kier molecular flexibility index (Phi) is 2.76. The molecule has 0 bridgehead atoms. The molecule has 0 aromatic carbocycles. The van der Waals surface area contributed by atoms with Gasteiger partial charge in [-0.1, -0.05) is 0 Å². The second-order valence-electron chi connectivity index (χ2n) is 2.55. The molecule has 4 N–H and O–H groups in total. The van der Waals surface area contributed by atoms with Gasteiger partial charge in [-0.25, -0.2) is 0 Å². The second kappa shape index (κ2) is 3.46. The van der Waals surface area contributed by atoms with Crippen LogP contribution in [-0.4, -0.2) is 57.4 Å². The van der Waals surface area contributed by atoms with Crippen molar-refractivity contribution in [3.63, 3.8) is 0 Å². The summed E-state index contributed by atoms with van der Waals surface area (Å²) in [5.74, 6) is -0.993. The Morgan fingerprint density at radius 1 is 1.33 bits per heavy atom. The van der Waals surface area contributed by atoms with Gasteiger partial charge in [-0.05, 0) is 0 Å². The Morgan fingerprint density at radius 3 is 2.42 bits per heavy atom. The number of ketones is 1. The number of hydrogen-bond acceptors (Lipinski definition) is 6. The van der Waals surface area contributed by atoms with E-state index >= 15 is 0 Å². The number of aliphatic hydroxyl groups excluding tert-OH is 4. The van der Waals surface area contributed by atoms with Crippen molar-refractivity contribution < 1.29 is 30.0 Å². The zero-order valence-corrected chi connectivity index (χ0v) is 6.12. The molecule has 1 heterocycles. The average Bonchev–Trinajstić information content (AvgIpc) is 2.08. The van der Waals surface area contributed by atoms with E-state index in [4.69, 9.17) is 20.4 Å². The molecule has 0 radical (unpaired) electrons. The summed E-state index contributed by atoms with van der Waals surface area (Å²) in [5, 5.41) is 35.4. The van der Waals surface area contributed by atoms with E-state index in [-0.39, 0.29) is 0 Å². The molecule has 1 saturated heterocycles. The van der Waals surface area contributed by atoms with Crippen molar-refractivity contribution in [1.82, 2.24) is 0 Å². The van der Waals surface area contributed by atoms with Crippen LogP contribution in [0.2, 0.25) is 0 Å². The largest absolute Gasteiger partial charge is 0.394 e. The topological polar surface area (TPSA) is 107 Å². The predicted molar refractivity (Wildman–Crippen MR) is 35.0 cm³/mol. The Labute approximate surface area is 68.0 Å². The van der Waals surface area contributed by atoms with Crippen LogP contribution in [0.25, 0.3) is 0 Å². The van der Waals surface area contributed by atoms with Gasteiger partial charge in [-0.15, -0.1) is 0 Å². The van der Waals surface area contributed by atoms with Gasteiger partial charge in [0.25, 0.3) is 0 Å². The molecule has 0 spiro atoms. The number of aliphatic hydroxyl groups is 4. The summed E-state index contributed by atoms with van der Waals surface area (Å²) >= 11 is 0. The Hall–Kier alpha value is -0.530. The fourth-order valence-corrected chi connectivity index (χ4v) is 0.982. The van der Waals surface area contributed by atoms with Crippen molar-refractivity contribution in [3.8, 4) is 0 Å². The highest BCUT2D eigenvalue weighted by molar-refractivity contribution is 5.87. The molecule has 0 amide bonds. The van der Waals surface area contributed by atoms with Crippen molar-refractivity contribution in [2.75, 3.05) is 6.61 Å². The fourth-order valence-electron chi connectivity index (χ4n) is 0.982. The van der Waals surface area contributed by atoms with Gasteiger partial charge < -0.3 is 25.2 Å². The average molecular weight is 178 g/mol. The molecule has 6 heteroatoms. The lowest BCUT2D eigenvalue weighted by Gasteiger charge is -2.32. The van der Waals surface area contributed by atoms with Gasteiger partial charge in [0.1, 0.15) is 18.3 Å². The molecule has 1 fully saturated rings. The van der Waals surface area contributed by atoms with Crippen LogP contribution in [0.15, 0.2) is 0 Å². The van der Waals surface area contributed by atoms with E-state index in [9.17, 15) is 4.79 Å². The molecule has 12 heavy (non-hydrogen) atoms. The maximum atomic E-state index is 10.7. The highest BCUT2D eigenvalue weighted by Gasteiger charge is 2.42. The van der Waals surface area contributed by atoms with Crippen LogP contribution in [0.3, 0.4) is 0 Å². The SMILES string of the molecule is O=C1[C@@H](O)[C@H](O)[C@@H](CO)O[C@@H]1O. The van der Waals surface area contributed by atoms with E-state index in [1.54, 1.807) is 0 Å². The standard InChI is InChI=1S/C6H10O6/c7-1-2-3(8)4(9)5(10)6(11)12-2/h2-4,6-9,11H,1H2/t2-,3-,4+,6+/m1/s1. The van der Waals surface area contributed by atoms with Crippen molar-refractivity contribution in [2.24, 2.45) is 0 Å². The van der Waals surface area contributed by atoms with Crippen molar-refractivity contribution in [2.45, 2.75) is 24.6 Å². The predicted octanol–water partition coefficient (Wildman–Crippen LogP) is -3.01. The van der Waals surface area contributed by atoms with Gasteiger partial charge in [-0.3, -0.25) is 4.79 Å². The minimum atomic E-state index is -1.76. The Bertz CT molecular complexity index is 181. The molecule has 0 unspecified atom stereocenters. The van der Waals surface area contributed by atoms with Gasteiger partial charge in [0.15, 0.2) is 0 Å². The van der Waals surface area contributed by atoms with Crippen LogP contribution in [0.5, 0.6) is 0 Å². The zero-order valence-electron chi connectivity index (χ0n) is 6.12. The number of carbonyl (C=O) groups is 1. The summed E-state index contributed by atoms with van der Waals surface area (Å²) in [6.45, 7) is -0.567. The van der Waals surface area contributed by atoms with Crippen LogP contribution in [0.4, 0.5) is 0 Å². The number of hydrogen-bond donors (Lipinski definition) is 4. The quantitative estimate of drug-likeness (QED) is 0.340. The van der Waals surface area contributed by atoms with Crippen molar-refractivity contribution >= 4 is 5.78 Å². The van der Waals surface area contributed by atoms with Gasteiger partial charge in [0.2, 0.25) is 12.1 Å². The molecule has 4 atom stereocenters. The van der Waals surface area contributed by atoms with Crippen LogP contribution >= 0.6 is 0 Å². The first-order valence-electron chi connectivity index (χ1n) is 3.42. The third kappa shape index (κ3) is 1.47. The molecule has 1 aliphatic rings. The van der Waals surface area contributed by atoms with E-state index < -0.39 is 37.0 Å². The number of rotatable bonds is 1. The van der Waals surface area contributed by atoms with E-state index in [2.05, 4.69) is 4.74 Å². The second-order valence-corrected chi connectivity index (χ2v) is 2.55. The maximum Gasteiger partial charge on any atom is 0.219 e. The molecule has 6 nitrogen and oxygen atoms in total. The Morgan fingerprint density at radius 2 is 1.92 bits per heavy atom. The minimum absolute atomic E-state index is 0.567. The smallest absolute Gasteiger partial charge is 0.219 e. The fraction of sp³-hybridized carbons (Fsp3) is 0.833. The molecule has 0 aromatic heterocycles. The molecular formula is C6H10O6. The van der Waals surface area contributed by atoms with E-state index in [1.165, 1.54) is 0 Å².